The van der Waals surface area contributed by atoms with Crippen molar-refractivity contribution in [2.24, 2.45) is 0 Å². The maximum atomic E-state index is 11.8. The molecule has 0 spiro atoms. The molecule has 164 valence electrons. The minimum Gasteiger partial charge on any atom is -0.463 e. The molecule has 1 fully saturated rings. The van der Waals surface area contributed by atoms with Crippen molar-refractivity contribution in [1.29, 1.82) is 0 Å². The summed E-state index contributed by atoms with van der Waals surface area (Å²) < 4.78 is 10.2. The Kier molecular flexibility index (Phi) is 14.2. The van der Waals surface area contributed by atoms with Gasteiger partial charge in [-0.05, 0) is 6.42 Å². The average Bonchev–Trinajstić information content (AvgIpc) is 2.69. The molecule has 28 heavy (non-hydrogen) atoms. The Morgan fingerprint density at radius 1 is 0.929 bits per heavy atom. The van der Waals surface area contributed by atoms with Crippen LogP contribution >= 0.6 is 0 Å². The summed E-state index contributed by atoms with van der Waals surface area (Å²) in [7, 11) is 0. The molecule has 6 heteroatoms. The van der Waals surface area contributed by atoms with Crippen LogP contribution in [-0.4, -0.2) is 53.5 Å². The Labute approximate surface area is 170 Å². The van der Waals surface area contributed by atoms with Crippen molar-refractivity contribution in [2.75, 3.05) is 13.2 Å². The highest BCUT2D eigenvalue weighted by molar-refractivity contribution is 5.85. The van der Waals surface area contributed by atoms with Gasteiger partial charge < -0.3 is 19.7 Å². The van der Waals surface area contributed by atoms with Gasteiger partial charge in [0.2, 0.25) is 0 Å². The van der Waals surface area contributed by atoms with E-state index in [1.54, 1.807) is 0 Å². The van der Waals surface area contributed by atoms with Gasteiger partial charge in [0, 0.05) is 6.42 Å². The molecule has 6 nitrogen and oxygen atoms in total. The molecule has 2 N–H and O–H groups in total. The lowest BCUT2D eigenvalue weighted by atomic mass is 10.0. The average molecular weight is 401 g/mol. The molecular formula is C22H40O6. The summed E-state index contributed by atoms with van der Waals surface area (Å²) in [5.74, 6) is -0.882. The predicted molar refractivity (Wildman–Crippen MR) is 108 cm³/mol. The number of carbonyl (C=O) groups is 2. The van der Waals surface area contributed by atoms with E-state index in [0.29, 0.717) is 6.42 Å². The van der Waals surface area contributed by atoms with Crippen molar-refractivity contribution in [1.82, 2.24) is 0 Å². The molecule has 0 aromatic heterocycles. The molecule has 0 aliphatic carbocycles. The van der Waals surface area contributed by atoms with E-state index < -0.39 is 24.1 Å². The highest BCUT2D eigenvalue weighted by Gasteiger charge is 2.37. The third-order valence-electron chi connectivity index (χ3n) is 5.37. The van der Waals surface area contributed by atoms with Crippen molar-refractivity contribution >= 4 is 11.8 Å². The summed E-state index contributed by atoms with van der Waals surface area (Å²) in [6.07, 6.45) is 13.0. The third-order valence-corrected chi connectivity index (χ3v) is 5.37. The van der Waals surface area contributed by atoms with Crippen LogP contribution in [-0.2, 0) is 19.1 Å². The van der Waals surface area contributed by atoms with E-state index in [2.05, 4.69) is 6.92 Å². The van der Waals surface area contributed by atoms with Crippen LogP contribution in [0.15, 0.2) is 0 Å². The van der Waals surface area contributed by atoms with E-state index in [0.717, 1.165) is 19.3 Å². The van der Waals surface area contributed by atoms with Crippen LogP contribution in [0.1, 0.15) is 96.8 Å². The Bertz CT molecular complexity index is 425. The predicted octanol–water partition coefficient (Wildman–Crippen LogP) is 3.70. The molecule has 1 rings (SSSR count). The second-order valence-corrected chi connectivity index (χ2v) is 7.93. The van der Waals surface area contributed by atoms with E-state index in [9.17, 15) is 19.8 Å². The van der Waals surface area contributed by atoms with Crippen LogP contribution in [0.4, 0.5) is 0 Å². The fourth-order valence-electron chi connectivity index (χ4n) is 3.45. The lowest BCUT2D eigenvalue weighted by Gasteiger charge is -2.30. The second kappa shape index (κ2) is 15.9. The number of Topliss-reactive ketones (excluding diaryl/α,β-unsaturated/α-hetero) is 1. The number of rotatable bonds is 16. The summed E-state index contributed by atoms with van der Waals surface area (Å²) in [4.78, 5) is 22.9. The summed E-state index contributed by atoms with van der Waals surface area (Å²) in [5.41, 5.74) is 0. The first-order valence-corrected chi connectivity index (χ1v) is 11.2. The van der Waals surface area contributed by atoms with Crippen LogP contribution in [0.2, 0.25) is 0 Å². The Balaban J connectivity index is 1.88. The van der Waals surface area contributed by atoms with E-state index in [1.807, 2.05) is 0 Å². The molecule has 1 aliphatic heterocycles. The number of ketones is 1. The van der Waals surface area contributed by atoms with Gasteiger partial charge in [0.15, 0.2) is 5.78 Å². The normalized spacial score (nSPS) is 22.4. The van der Waals surface area contributed by atoms with Gasteiger partial charge in [-0.3, -0.25) is 9.59 Å². The second-order valence-electron chi connectivity index (χ2n) is 7.93. The first-order valence-electron chi connectivity index (χ1n) is 11.2. The fraction of sp³-hybridized carbons (Fsp3) is 0.909. The summed E-state index contributed by atoms with van der Waals surface area (Å²) in [6, 6.07) is 0. The SMILES string of the molecule is CCCCCCCCCCCCCCCC(=O)OC[C@H]1OCC(=O)[C@@H](O)[C@@H]1O. The maximum absolute atomic E-state index is 11.8. The Morgan fingerprint density at radius 3 is 1.96 bits per heavy atom. The minimum atomic E-state index is -1.46. The monoisotopic (exact) mass is 400 g/mol. The van der Waals surface area contributed by atoms with Gasteiger partial charge in [-0.15, -0.1) is 0 Å². The molecule has 0 amide bonds. The van der Waals surface area contributed by atoms with E-state index >= 15 is 0 Å². The molecule has 1 heterocycles. The molecule has 0 bridgehead atoms. The number of carbonyl (C=O) groups excluding carboxylic acids is 2. The number of unbranched alkanes of at least 4 members (excludes halogenated alkanes) is 12. The largest absolute Gasteiger partial charge is 0.463 e. The van der Waals surface area contributed by atoms with Crippen molar-refractivity contribution < 1.29 is 29.3 Å². The summed E-state index contributed by atoms with van der Waals surface area (Å²) in [5, 5.41) is 19.2. The topological polar surface area (TPSA) is 93.1 Å². The zero-order chi connectivity index (χ0) is 20.6. The lowest BCUT2D eigenvalue weighted by Crippen LogP contribution is -2.52. The van der Waals surface area contributed by atoms with Crippen molar-refractivity contribution in [3.05, 3.63) is 0 Å². The van der Waals surface area contributed by atoms with Gasteiger partial charge in [-0.25, -0.2) is 0 Å². The molecule has 1 aliphatic rings. The Hall–Kier alpha value is -0.980. The minimum absolute atomic E-state index is 0.136. The van der Waals surface area contributed by atoms with Crippen LogP contribution in [0.3, 0.4) is 0 Å². The Morgan fingerprint density at radius 2 is 1.43 bits per heavy atom. The van der Waals surface area contributed by atoms with Crippen molar-refractivity contribution in [3.8, 4) is 0 Å². The van der Waals surface area contributed by atoms with Crippen LogP contribution in [0.25, 0.3) is 0 Å². The summed E-state index contributed by atoms with van der Waals surface area (Å²) in [6.45, 7) is 1.85. The van der Waals surface area contributed by atoms with Crippen molar-refractivity contribution in [3.63, 3.8) is 0 Å². The molecule has 1 saturated heterocycles. The van der Waals surface area contributed by atoms with E-state index in [1.165, 1.54) is 64.2 Å². The lowest BCUT2D eigenvalue weighted by molar-refractivity contribution is -0.177. The van der Waals surface area contributed by atoms with Gasteiger partial charge in [-0.2, -0.15) is 0 Å². The van der Waals surface area contributed by atoms with Gasteiger partial charge in [0.1, 0.15) is 31.5 Å². The molecule has 0 aromatic carbocycles. The molecule has 0 aromatic rings. The highest BCUT2D eigenvalue weighted by atomic mass is 16.6. The molecule has 0 unspecified atom stereocenters. The van der Waals surface area contributed by atoms with Gasteiger partial charge in [0.25, 0.3) is 0 Å². The van der Waals surface area contributed by atoms with Gasteiger partial charge in [-0.1, -0.05) is 84.0 Å². The fourth-order valence-corrected chi connectivity index (χ4v) is 3.45. The van der Waals surface area contributed by atoms with E-state index in [4.69, 9.17) is 9.47 Å². The highest BCUT2D eigenvalue weighted by Crippen LogP contribution is 2.15. The van der Waals surface area contributed by atoms with E-state index in [-0.39, 0.29) is 19.2 Å². The third kappa shape index (κ3) is 11.1. The zero-order valence-electron chi connectivity index (χ0n) is 17.6. The van der Waals surface area contributed by atoms with Crippen molar-refractivity contribution in [2.45, 2.75) is 115 Å². The first kappa shape index (κ1) is 25.1. The molecule has 0 radical (unpaired) electrons. The number of ether oxygens (including phenoxy) is 2. The maximum Gasteiger partial charge on any atom is 0.305 e. The van der Waals surface area contributed by atoms with Crippen LogP contribution in [0.5, 0.6) is 0 Å². The number of hydrogen-bond donors (Lipinski definition) is 2. The first-order chi connectivity index (χ1) is 13.6. The van der Waals surface area contributed by atoms with Crippen LogP contribution in [0, 0.1) is 0 Å². The molecule has 0 saturated carbocycles. The van der Waals surface area contributed by atoms with Crippen LogP contribution < -0.4 is 0 Å². The molecule has 3 atom stereocenters. The van der Waals surface area contributed by atoms with Gasteiger partial charge in [0.05, 0.1) is 0 Å². The standard InChI is InChI=1S/C22H40O6/c1-2-3-4-5-6-7-8-9-10-11-12-13-14-15-20(24)28-17-19-22(26)21(25)18(23)16-27-19/h19,21-22,25-26H,2-17H2,1H3/t19-,21-,22-/m1/s1. The number of aliphatic hydroxyl groups excluding tert-OH is 2. The number of hydrogen-bond acceptors (Lipinski definition) is 6. The number of aliphatic hydroxyl groups is 2. The quantitative estimate of drug-likeness (QED) is 0.303. The molecular weight excluding hydrogens is 360 g/mol. The smallest absolute Gasteiger partial charge is 0.305 e. The number of esters is 1. The zero-order valence-corrected chi connectivity index (χ0v) is 17.6. The summed E-state index contributed by atoms with van der Waals surface area (Å²) >= 11 is 0. The van der Waals surface area contributed by atoms with Gasteiger partial charge >= 0.3 is 5.97 Å².